The number of hydrogen-bond donors (Lipinski definition) is 1. The number of benzene rings is 2. The molecule has 150 valence electrons. The van der Waals surface area contributed by atoms with Gasteiger partial charge < -0.3 is 10.1 Å². The van der Waals surface area contributed by atoms with E-state index in [0.717, 1.165) is 6.20 Å². The van der Waals surface area contributed by atoms with Gasteiger partial charge in [-0.1, -0.05) is 0 Å². The number of nitriles is 1. The summed E-state index contributed by atoms with van der Waals surface area (Å²) in [6.07, 6.45) is 1.07. The first-order valence-corrected chi connectivity index (χ1v) is 8.63. The van der Waals surface area contributed by atoms with E-state index >= 15 is 0 Å². The number of anilines is 2. The van der Waals surface area contributed by atoms with Gasteiger partial charge in [0.1, 0.15) is 17.8 Å². The summed E-state index contributed by atoms with van der Waals surface area (Å²) in [7, 11) is 0. The minimum absolute atomic E-state index is 0.0321. The summed E-state index contributed by atoms with van der Waals surface area (Å²) in [6, 6.07) is 12.3. The van der Waals surface area contributed by atoms with Gasteiger partial charge in [0.05, 0.1) is 21.5 Å². The van der Waals surface area contributed by atoms with E-state index < -0.39 is 9.85 Å². The number of nitrogens with one attached hydrogen (secondary N) is 1. The van der Waals surface area contributed by atoms with Crippen molar-refractivity contribution in [1.29, 1.82) is 5.26 Å². The van der Waals surface area contributed by atoms with Crippen molar-refractivity contribution in [2.45, 2.75) is 13.8 Å². The molecule has 0 aliphatic heterocycles. The van der Waals surface area contributed by atoms with Crippen LogP contribution in [0.2, 0.25) is 0 Å². The standard InChI is InChI=1S/C20H15N5O5/c1-12-7-14(10-21)8-13(2)20(12)30-18-9-19(22-11-17(18)25(28)29)23-15-3-5-16(6-4-15)24(26)27/h3-9,11H,1-2H3,(H,22,23). The number of non-ortho nitro benzene ring substituents is 1. The van der Waals surface area contributed by atoms with Crippen LogP contribution in [-0.2, 0) is 0 Å². The highest BCUT2D eigenvalue weighted by molar-refractivity contribution is 5.62. The van der Waals surface area contributed by atoms with E-state index in [1.807, 2.05) is 0 Å². The molecule has 10 nitrogen and oxygen atoms in total. The Bertz CT molecular complexity index is 1160. The van der Waals surface area contributed by atoms with Crippen molar-refractivity contribution in [2.24, 2.45) is 0 Å². The van der Waals surface area contributed by atoms with E-state index in [1.54, 1.807) is 26.0 Å². The van der Waals surface area contributed by atoms with Crippen molar-refractivity contribution < 1.29 is 14.6 Å². The van der Waals surface area contributed by atoms with Gasteiger partial charge in [-0.25, -0.2) is 4.98 Å². The normalized spacial score (nSPS) is 10.2. The van der Waals surface area contributed by atoms with Crippen LogP contribution < -0.4 is 10.1 Å². The lowest BCUT2D eigenvalue weighted by atomic mass is 10.1. The molecule has 0 unspecified atom stereocenters. The number of hydrogen-bond acceptors (Lipinski definition) is 8. The van der Waals surface area contributed by atoms with Crippen molar-refractivity contribution in [2.75, 3.05) is 5.32 Å². The molecule has 30 heavy (non-hydrogen) atoms. The smallest absolute Gasteiger partial charge is 0.329 e. The Labute approximate surface area is 170 Å². The van der Waals surface area contributed by atoms with Crippen molar-refractivity contribution >= 4 is 22.9 Å². The fraction of sp³-hybridized carbons (Fsp3) is 0.100. The molecule has 1 aromatic heterocycles. The van der Waals surface area contributed by atoms with Gasteiger partial charge in [-0.15, -0.1) is 0 Å². The first kappa shape index (κ1) is 20.2. The number of nitrogens with zero attached hydrogens (tertiary/aromatic N) is 4. The predicted octanol–water partition coefficient (Wildman–Crippen LogP) is 4.92. The fourth-order valence-electron chi connectivity index (χ4n) is 2.82. The number of rotatable bonds is 6. The topological polar surface area (TPSA) is 144 Å². The summed E-state index contributed by atoms with van der Waals surface area (Å²) in [4.78, 5) is 25.1. The van der Waals surface area contributed by atoms with E-state index in [2.05, 4.69) is 16.4 Å². The van der Waals surface area contributed by atoms with Gasteiger partial charge in [-0.3, -0.25) is 20.2 Å². The molecule has 0 atom stereocenters. The number of nitro benzene ring substituents is 1. The molecule has 1 heterocycles. The van der Waals surface area contributed by atoms with Gasteiger partial charge in [0.15, 0.2) is 0 Å². The minimum Gasteiger partial charge on any atom is -0.449 e. The largest absolute Gasteiger partial charge is 0.449 e. The van der Waals surface area contributed by atoms with Crippen LogP contribution in [-0.4, -0.2) is 14.8 Å². The van der Waals surface area contributed by atoms with Crippen molar-refractivity contribution in [3.05, 3.63) is 85.6 Å². The molecule has 3 rings (SSSR count). The molecule has 0 aliphatic rings. The van der Waals surface area contributed by atoms with E-state index in [1.165, 1.54) is 30.3 Å². The third kappa shape index (κ3) is 4.31. The van der Waals surface area contributed by atoms with Crippen molar-refractivity contribution in [3.8, 4) is 17.6 Å². The summed E-state index contributed by atoms with van der Waals surface area (Å²) in [5.74, 6) is 0.633. The second-order valence-electron chi connectivity index (χ2n) is 6.38. The number of aromatic nitrogens is 1. The minimum atomic E-state index is -0.605. The van der Waals surface area contributed by atoms with Crippen LogP contribution >= 0.6 is 0 Å². The summed E-state index contributed by atoms with van der Waals surface area (Å²) in [5.41, 5.74) is 1.89. The average molecular weight is 405 g/mol. The predicted molar refractivity (Wildman–Crippen MR) is 108 cm³/mol. The number of pyridine rings is 1. The zero-order chi connectivity index (χ0) is 21.8. The molecule has 0 saturated heterocycles. The quantitative estimate of drug-likeness (QED) is 0.449. The zero-order valence-corrected chi connectivity index (χ0v) is 15.9. The maximum absolute atomic E-state index is 11.4. The molecule has 0 aliphatic carbocycles. The van der Waals surface area contributed by atoms with E-state index in [4.69, 9.17) is 10.00 Å². The molecule has 0 radical (unpaired) electrons. The van der Waals surface area contributed by atoms with Gasteiger partial charge >= 0.3 is 5.69 Å². The highest BCUT2D eigenvalue weighted by Gasteiger charge is 2.20. The molecule has 0 bridgehead atoms. The molecule has 2 aromatic carbocycles. The van der Waals surface area contributed by atoms with Crippen LogP contribution in [0.15, 0.2) is 48.7 Å². The van der Waals surface area contributed by atoms with Crippen molar-refractivity contribution in [1.82, 2.24) is 4.98 Å². The lowest BCUT2D eigenvalue weighted by molar-refractivity contribution is -0.386. The number of ether oxygens (including phenoxy) is 1. The van der Waals surface area contributed by atoms with Gasteiger partial charge in [0.25, 0.3) is 5.69 Å². The van der Waals surface area contributed by atoms with E-state index in [9.17, 15) is 20.2 Å². The van der Waals surface area contributed by atoms with Gasteiger partial charge in [0, 0.05) is 23.9 Å². The molecule has 0 fully saturated rings. The Morgan fingerprint density at radius 2 is 1.67 bits per heavy atom. The monoisotopic (exact) mass is 405 g/mol. The molecule has 0 spiro atoms. The average Bonchev–Trinajstić information content (AvgIpc) is 2.70. The SMILES string of the molecule is Cc1cc(C#N)cc(C)c1Oc1cc(Nc2ccc([N+](=O)[O-])cc2)ncc1[N+](=O)[O-]. The van der Waals surface area contributed by atoms with Crippen LogP contribution in [0.4, 0.5) is 22.9 Å². The summed E-state index contributed by atoms with van der Waals surface area (Å²) in [6.45, 7) is 3.48. The third-order valence-corrected chi connectivity index (χ3v) is 4.19. The van der Waals surface area contributed by atoms with Crippen LogP contribution in [0.1, 0.15) is 16.7 Å². The highest BCUT2D eigenvalue weighted by atomic mass is 16.6. The number of nitro groups is 2. The van der Waals surface area contributed by atoms with Gasteiger partial charge in [0.2, 0.25) is 5.75 Å². The zero-order valence-electron chi connectivity index (χ0n) is 15.9. The third-order valence-electron chi connectivity index (χ3n) is 4.19. The maximum Gasteiger partial charge on any atom is 0.329 e. The van der Waals surface area contributed by atoms with Crippen LogP contribution in [0.25, 0.3) is 0 Å². The molecular weight excluding hydrogens is 390 g/mol. The number of aryl methyl sites for hydroxylation is 2. The first-order chi connectivity index (χ1) is 14.3. The summed E-state index contributed by atoms with van der Waals surface area (Å²) >= 11 is 0. The maximum atomic E-state index is 11.4. The molecular formula is C20H15N5O5. The van der Waals surface area contributed by atoms with Crippen LogP contribution in [0.5, 0.6) is 11.5 Å². The lowest BCUT2D eigenvalue weighted by Gasteiger charge is -2.13. The molecule has 0 saturated carbocycles. The second-order valence-corrected chi connectivity index (χ2v) is 6.38. The fourth-order valence-corrected chi connectivity index (χ4v) is 2.82. The molecule has 0 amide bonds. The summed E-state index contributed by atoms with van der Waals surface area (Å²) in [5, 5.41) is 34.2. The Hall–Kier alpha value is -4.52. The Morgan fingerprint density at radius 3 is 2.20 bits per heavy atom. The lowest BCUT2D eigenvalue weighted by Crippen LogP contribution is -2.00. The van der Waals surface area contributed by atoms with Gasteiger partial charge in [-0.2, -0.15) is 5.26 Å². The van der Waals surface area contributed by atoms with Crippen LogP contribution in [0.3, 0.4) is 0 Å². The Kier molecular flexibility index (Phi) is 5.55. The summed E-state index contributed by atoms with van der Waals surface area (Å²) < 4.78 is 5.84. The first-order valence-electron chi connectivity index (χ1n) is 8.63. The van der Waals surface area contributed by atoms with Crippen LogP contribution in [0, 0.1) is 45.4 Å². The Balaban J connectivity index is 1.95. The second kappa shape index (κ2) is 8.24. The molecule has 10 heteroatoms. The van der Waals surface area contributed by atoms with E-state index in [0.29, 0.717) is 28.1 Å². The Morgan fingerprint density at radius 1 is 1.03 bits per heavy atom. The highest BCUT2D eigenvalue weighted by Crippen LogP contribution is 2.36. The molecule has 3 aromatic rings. The van der Waals surface area contributed by atoms with E-state index in [-0.39, 0.29) is 22.9 Å². The van der Waals surface area contributed by atoms with Crippen molar-refractivity contribution in [3.63, 3.8) is 0 Å². The van der Waals surface area contributed by atoms with Gasteiger partial charge in [-0.05, 0) is 49.2 Å². The molecule has 1 N–H and O–H groups in total.